The molecule has 0 unspecified atom stereocenters. The minimum Gasteiger partial charge on any atom is -0.353 e. The molecule has 2 heterocycles. The molecule has 2 aliphatic rings. The number of H-pyrrole nitrogens is 1. The Morgan fingerprint density at radius 3 is 2.32 bits per heavy atom. The Labute approximate surface area is 192 Å². The summed E-state index contributed by atoms with van der Waals surface area (Å²) in [7, 11) is 0. The fourth-order valence-electron chi connectivity index (χ4n) is 5.03. The number of piperidine rings is 1. The second-order valence-corrected chi connectivity index (χ2v) is 9.11. The predicted molar refractivity (Wildman–Crippen MR) is 118 cm³/mol. The van der Waals surface area contributed by atoms with Crippen LogP contribution in [0.3, 0.4) is 0 Å². The third-order valence-corrected chi connectivity index (χ3v) is 6.61. The summed E-state index contributed by atoms with van der Waals surface area (Å²) in [5.74, 6) is -3.15. The van der Waals surface area contributed by atoms with Crippen LogP contribution >= 0.6 is 0 Å². The van der Waals surface area contributed by atoms with Gasteiger partial charge in [0.25, 0.3) is 0 Å². The molecule has 3 aromatic rings. The molecule has 5 rings (SSSR count). The van der Waals surface area contributed by atoms with Crippen molar-refractivity contribution in [1.82, 2.24) is 15.6 Å². The number of aromatic nitrogens is 1. The number of hydrogen-bond donors (Lipinski definition) is 3. The summed E-state index contributed by atoms with van der Waals surface area (Å²) in [5, 5.41) is 5.59. The lowest BCUT2D eigenvalue weighted by Crippen LogP contribution is -2.45. The zero-order valence-corrected chi connectivity index (χ0v) is 18.1. The summed E-state index contributed by atoms with van der Waals surface area (Å²) in [6, 6.07) is 7.75. The molecule has 0 atom stereocenters. The Bertz CT molecular complexity index is 1280. The first kappa shape index (κ1) is 22.2. The summed E-state index contributed by atoms with van der Waals surface area (Å²) in [6.07, 6.45) is 1.49. The van der Waals surface area contributed by atoms with E-state index in [-0.39, 0.29) is 60.4 Å². The first-order chi connectivity index (χ1) is 16.3. The van der Waals surface area contributed by atoms with Gasteiger partial charge in [-0.15, -0.1) is 0 Å². The van der Waals surface area contributed by atoms with Gasteiger partial charge in [-0.25, -0.2) is 13.2 Å². The SMILES string of the molecule is O=C1CC(CC(=O)N[C@H]2C[C@H](c3c(-c4ccc(F)cc4)[nH]c4c(F)cc(F)cc43)C2)CC(=O)N1. The quantitative estimate of drug-likeness (QED) is 0.493. The third-order valence-electron chi connectivity index (χ3n) is 6.61. The van der Waals surface area contributed by atoms with Crippen LogP contribution in [0.5, 0.6) is 0 Å². The van der Waals surface area contributed by atoms with Crippen molar-refractivity contribution in [2.24, 2.45) is 5.92 Å². The van der Waals surface area contributed by atoms with Crippen LogP contribution in [0.2, 0.25) is 0 Å². The maximum Gasteiger partial charge on any atom is 0.226 e. The summed E-state index contributed by atoms with van der Waals surface area (Å²) in [4.78, 5) is 38.5. The van der Waals surface area contributed by atoms with Crippen LogP contribution in [-0.2, 0) is 14.4 Å². The lowest BCUT2D eigenvalue weighted by molar-refractivity contribution is -0.135. The van der Waals surface area contributed by atoms with Crippen LogP contribution in [0.1, 0.15) is 43.6 Å². The van der Waals surface area contributed by atoms with E-state index in [2.05, 4.69) is 15.6 Å². The van der Waals surface area contributed by atoms with Crippen LogP contribution in [0, 0.1) is 23.4 Å². The molecule has 1 aliphatic heterocycles. The first-order valence-electron chi connectivity index (χ1n) is 11.2. The largest absolute Gasteiger partial charge is 0.353 e. The minimum absolute atomic E-state index is 0.0673. The smallest absolute Gasteiger partial charge is 0.226 e. The molecule has 176 valence electrons. The lowest BCUT2D eigenvalue weighted by atomic mass is 9.74. The highest BCUT2D eigenvalue weighted by Crippen LogP contribution is 2.45. The van der Waals surface area contributed by atoms with Crippen molar-refractivity contribution >= 4 is 28.6 Å². The summed E-state index contributed by atoms with van der Waals surface area (Å²) < 4.78 is 42.0. The third kappa shape index (κ3) is 4.30. The average Bonchev–Trinajstić information content (AvgIpc) is 3.09. The van der Waals surface area contributed by atoms with Gasteiger partial charge in [0.05, 0.1) is 11.2 Å². The van der Waals surface area contributed by atoms with E-state index in [9.17, 15) is 27.6 Å². The zero-order valence-electron chi connectivity index (χ0n) is 18.1. The predicted octanol–water partition coefficient (Wildman–Crippen LogP) is 4.06. The number of rotatable bonds is 5. The van der Waals surface area contributed by atoms with Crippen molar-refractivity contribution in [2.45, 2.75) is 44.1 Å². The molecule has 1 saturated carbocycles. The van der Waals surface area contributed by atoms with Gasteiger partial charge >= 0.3 is 0 Å². The Morgan fingerprint density at radius 2 is 1.65 bits per heavy atom. The number of carbonyl (C=O) groups excluding carboxylic acids is 3. The molecule has 1 aliphatic carbocycles. The zero-order chi connectivity index (χ0) is 24.0. The molecule has 2 fully saturated rings. The van der Waals surface area contributed by atoms with Gasteiger partial charge in [-0.05, 0) is 66.1 Å². The van der Waals surface area contributed by atoms with Gasteiger partial charge in [0, 0.05) is 36.8 Å². The molecule has 0 radical (unpaired) electrons. The summed E-state index contributed by atoms with van der Waals surface area (Å²) in [6.45, 7) is 0. The second kappa shape index (κ2) is 8.62. The number of benzene rings is 2. The van der Waals surface area contributed by atoms with E-state index in [4.69, 9.17) is 0 Å². The molecular weight excluding hydrogens is 447 g/mol. The number of hydrogen-bond acceptors (Lipinski definition) is 3. The van der Waals surface area contributed by atoms with Gasteiger partial charge in [0.1, 0.15) is 17.5 Å². The van der Waals surface area contributed by atoms with Crippen LogP contribution in [-0.4, -0.2) is 28.7 Å². The maximum absolute atomic E-state index is 14.5. The van der Waals surface area contributed by atoms with Crippen molar-refractivity contribution in [3.63, 3.8) is 0 Å². The Balaban J connectivity index is 1.33. The number of imide groups is 1. The number of nitrogens with one attached hydrogen (secondary N) is 3. The van der Waals surface area contributed by atoms with E-state index in [0.717, 1.165) is 11.6 Å². The number of halogens is 3. The van der Waals surface area contributed by atoms with E-state index in [1.165, 1.54) is 18.2 Å². The molecule has 1 aromatic heterocycles. The Hall–Kier alpha value is -3.62. The molecule has 3 N–H and O–H groups in total. The van der Waals surface area contributed by atoms with Gasteiger partial charge in [-0.1, -0.05) is 0 Å². The number of carbonyl (C=O) groups is 3. The van der Waals surface area contributed by atoms with Crippen molar-refractivity contribution in [1.29, 1.82) is 0 Å². The fourth-order valence-corrected chi connectivity index (χ4v) is 5.03. The summed E-state index contributed by atoms with van der Waals surface area (Å²) in [5.41, 5.74) is 2.17. The minimum atomic E-state index is -0.708. The Kier molecular flexibility index (Phi) is 5.63. The van der Waals surface area contributed by atoms with E-state index in [0.29, 0.717) is 29.5 Å². The van der Waals surface area contributed by atoms with E-state index in [1.54, 1.807) is 12.1 Å². The molecule has 34 heavy (non-hydrogen) atoms. The molecule has 9 heteroatoms. The standard InChI is InChI=1S/C25H22F3N3O3/c26-15-3-1-13(2-4-15)24-23(18-10-16(27)11-19(28)25(18)31-24)14-8-17(9-14)29-20(32)5-12-6-21(33)30-22(34)7-12/h1-4,10-12,14,17,31H,5-9H2,(H,29,32)(H,30,33,34)/t14-,17-. The molecule has 3 amide bonds. The van der Waals surface area contributed by atoms with Gasteiger partial charge in [0.2, 0.25) is 17.7 Å². The molecular formula is C25H22F3N3O3. The van der Waals surface area contributed by atoms with Crippen molar-refractivity contribution in [2.75, 3.05) is 0 Å². The van der Waals surface area contributed by atoms with Crippen LogP contribution in [0.15, 0.2) is 36.4 Å². The molecule has 0 bridgehead atoms. The average molecular weight is 469 g/mol. The topological polar surface area (TPSA) is 91.1 Å². The molecule has 6 nitrogen and oxygen atoms in total. The number of fused-ring (bicyclic) bond motifs is 1. The van der Waals surface area contributed by atoms with Crippen LogP contribution in [0.4, 0.5) is 13.2 Å². The number of amides is 3. The highest BCUT2D eigenvalue weighted by Gasteiger charge is 2.36. The normalized spacial score (nSPS) is 20.8. The van der Waals surface area contributed by atoms with Crippen molar-refractivity contribution in [3.8, 4) is 11.3 Å². The van der Waals surface area contributed by atoms with Crippen molar-refractivity contribution < 1.29 is 27.6 Å². The fraction of sp³-hybridized carbons (Fsp3) is 0.320. The van der Waals surface area contributed by atoms with Gasteiger partial charge in [-0.2, -0.15) is 0 Å². The molecule has 1 saturated heterocycles. The first-order valence-corrected chi connectivity index (χ1v) is 11.2. The van der Waals surface area contributed by atoms with Crippen LogP contribution < -0.4 is 10.6 Å². The second-order valence-electron chi connectivity index (χ2n) is 9.11. The number of aromatic amines is 1. The van der Waals surface area contributed by atoms with E-state index >= 15 is 0 Å². The van der Waals surface area contributed by atoms with Gasteiger partial charge < -0.3 is 10.3 Å². The lowest BCUT2D eigenvalue weighted by Gasteiger charge is -2.37. The van der Waals surface area contributed by atoms with Gasteiger partial charge in [0.15, 0.2) is 0 Å². The maximum atomic E-state index is 14.5. The molecule has 0 spiro atoms. The summed E-state index contributed by atoms with van der Waals surface area (Å²) >= 11 is 0. The van der Waals surface area contributed by atoms with E-state index in [1.807, 2.05) is 0 Å². The highest BCUT2D eigenvalue weighted by molar-refractivity contribution is 5.98. The van der Waals surface area contributed by atoms with E-state index < -0.39 is 17.5 Å². The van der Waals surface area contributed by atoms with Crippen LogP contribution in [0.25, 0.3) is 22.2 Å². The molecule has 2 aromatic carbocycles. The highest BCUT2D eigenvalue weighted by atomic mass is 19.1. The van der Waals surface area contributed by atoms with Crippen molar-refractivity contribution in [3.05, 3.63) is 59.4 Å². The monoisotopic (exact) mass is 469 g/mol. The Morgan fingerprint density at radius 1 is 0.971 bits per heavy atom. The van der Waals surface area contributed by atoms with Gasteiger partial charge in [-0.3, -0.25) is 19.7 Å².